The minimum Gasteiger partial charge on any atom is -0.370 e. The number of halogens is 2. The predicted octanol–water partition coefficient (Wildman–Crippen LogP) is 2.90. The minimum absolute atomic E-state index is 0.0606. The van der Waals surface area contributed by atoms with E-state index in [0.717, 1.165) is 48.2 Å². The van der Waals surface area contributed by atoms with Crippen LogP contribution in [0.5, 0.6) is 0 Å². The molecule has 0 spiro atoms. The summed E-state index contributed by atoms with van der Waals surface area (Å²) in [7, 11) is 0. The Hall–Kier alpha value is -2.68. The molecule has 0 atom stereocenters. The van der Waals surface area contributed by atoms with Crippen LogP contribution in [0, 0.1) is 17.6 Å². The van der Waals surface area contributed by atoms with Gasteiger partial charge in [-0.2, -0.15) is 8.75 Å². The number of nitrogens with one attached hydrogen (secondary N) is 1. The average Bonchev–Trinajstić information content (AvgIpc) is 3.18. The van der Waals surface area contributed by atoms with Gasteiger partial charge in [-0.25, -0.2) is 13.8 Å². The van der Waals surface area contributed by atoms with E-state index >= 15 is 0 Å². The molecule has 1 N–H and O–H groups in total. The van der Waals surface area contributed by atoms with Crippen molar-refractivity contribution in [2.24, 2.45) is 5.92 Å². The highest BCUT2D eigenvalue weighted by Crippen LogP contribution is 2.28. The first-order valence-electron chi connectivity index (χ1n) is 8.65. The van der Waals surface area contributed by atoms with Crippen molar-refractivity contribution in [1.29, 1.82) is 0 Å². The molecule has 1 aliphatic rings. The lowest BCUT2D eigenvalue weighted by molar-refractivity contribution is -0.125. The summed E-state index contributed by atoms with van der Waals surface area (Å²) in [4.78, 5) is 18.8. The lowest BCUT2D eigenvalue weighted by atomic mass is 9.95. The van der Waals surface area contributed by atoms with Crippen LogP contribution in [0.2, 0.25) is 0 Å². The Morgan fingerprint density at radius 1 is 1.19 bits per heavy atom. The summed E-state index contributed by atoms with van der Waals surface area (Å²) < 4.78 is 34.7. The molecule has 0 radical (unpaired) electrons. The monoisotopic (exact) mass is 389 g/mol. The summed E-state index contributed by atoms with van der Waals surface area (Å²) >= 11 is 1.14. The van der Waals surface area contributed by atoms with Gasteiger partial charge in [-0.3, -0.25) is 4.79 Å². The van der Waals surface area contributed by atoms with Gasteiger partial charge in [0.25, 0.3) is 0 Å². The quantitative estimate of drug-likeness (QED) is 0.743. The number of aromatic nitrogens is 3. The summed E-state index contributed by atoms with van der Waals surface area (Å²) in [6.07, 6.45) is 3.15. The van der Waals surface area contributed by atoms with Gasteiger partial charge in [0.1, 0.15) is 5.52 Å². The molecule has 9 heteroatoms. The zero-order chi connectivity index (χ0) is 18.8. The average molecular weight is 389 g/mol. The predicted molar refractivity (Wildman–Crippen MR) is 98.4 cm³/mol. The maximum Gasteiger partial charge on any atom is 0.223 e. The number of carbonyl (C=O) groups excluding carboxylic acids is 1. The Morgan fingerprint density at radius 3 is 2.78 bits per heavy atom. The van der Waals surface area contributed by atoms with Crippen LogP contribution in [-0.4, -0.2) is 32.7 Å². The molecular weight excluding hydrogens is 372 g/mol. The zero-order valence-corrected chi connectivity index (χ0v) is 15.2. The van der Waals surface area contributed by atoms with Crippen LogP contribution in [0.4, 0.5) is 14.5 Å². The SMILES string of the molecule is O=C(NCc1ccc(F)c(F)c1)C1CCN(c2ccnc3nsnc23)CC1. The van der Waals surface area contributed by atoms with Gasteiger partial charge in [-0.05, 0) is 36.6 Å². The number of anilines is 1. The number of pyridine rings is 1. The fourth-order valence-electron chi connectivity index (χ4n) is 3.31. The first-order chi connectivity index (χ1) is 13.1. The van der Waals surface area contributed by atoms with Crippen molar-refractivity contribution in [3.05, 3.63) is 47.7 Å². The van der Waals surface area contributed by atoms with Crippen molar-refractivity contribution >= 4 is 34.5 Å². The van der Waals surface area contributed by atoms with Crippen LogP contribution in [0.3, 0.4) is 0 Å². The molecule has 0 bridgehead atoms. The molecule has 0 aliphatic carbocycles. The number of piperidine rings is 1. The maximum absolute atomic E-state index is 13.2. The van der Waals surface area contributed by atoms with Gasteiger partial charge in [0.15, 0.2) is 17.3 Å². The minimum atomic E-state index is -0.907. The van der Waals surface area contributed by atoms with E-state index in [0.29, 0.717) is 24.1 Å². The number of rotatable bonds is 4. The van der Waals surface area contributed by atoms with Gasteiger partial charge in [-0.15, -0.1) is 0 Å². The Bertz CT molecular complexity index is 971. The van der Waals surface area contributed by atoms with E-state index < -0.39 is 11.6 Å². The summed E-state index contributed by atoms with van der Waals surface area (Å²) in [6.45, 7) is 1.66. The highest BCUT2D eigenvalue weighted by Gasteiger charge is 2.26. The Morgan fingerprint density at radius 2 is 2.00 bits per heavy atom. The summed E-state index contributed by atoms with van der Waals surface area (Å²) in [5.41, 5.74) is 2.97. The van der Waals surface area contributed by atoms with Crippen LogP contribution < -0.4 is 10.2 Å². The molecule has 1 aliphatic heterocycles. The fraction of sp³-hybridized carbons (Fsp3) is 0.333. The van der Waals surface area contributed by atoms with Crippen LogP contribution >= 0.6 is 11.7 Å². The van der Waals surface area contributed by atoms with Crippen LogP contribution in [-0.2, 0) is 11.3 Å². The number of hydrogen-bond donors (Lipinski definition) is 1. The topological polar surface area (TPSA) is 71.0 Å². The molecule has 1 fully saturated rings. The van der Waals surface area contributed by atoms with Crippen LogP contribution in [0.15, 0.2) is 30.5 Å². The van der Waals surface area contributed by atoms with Crippen molar-refractivity contribution in [1.82, 2.24) is 19.0 Å². The fourth-order valence-corrected chi connectivity index (χ4v) is 3.82. The molecule has 4 rings (SSSR count). The standard InChI is InChI=1S/C18H17F2N5OS/c19-13-2-1-11(9-14(13)20)10-22-18(26)12-4-7-25(8-5-12)15-3-6-21-17-16(15)23-27-24-17/h1-3,6,9,12H,4-5,7-8,10H2,(H,22,26). The van der Waals surface area contributed by atoms with Crippen molar-refractivity contribution in [3.8, 4) is 0 Å². The van der Waals surface area contributed by atoms with Gasteiger partial charge in [0.2, 0.25) is 5.91 Å². The smallest absolute Gasteiger partial charge is 0.223 e. The van der Waals surface area contributed by atoms with Crippen LogP contribution in [0.1, 0.15) is 18.4 Å². The molecule has 0 saturated carbocycles. The second kappa shape index (κ2) is 7.51. The highest BCUT2D eigenvalue weighted by molar-refractivity contribution is 7.00. The first-order valence-corrected chi connectivity index (χ1v) is 9.38. The number of nitrogens with zero attached hydrogens (tertiary/aromatic N) is 4. The van der Waals surface area contributed by atoms with E-state index in [1.165, 1.54) is 6.07 Å². The number of fused-ring (bicyclic) bond motifs is 1. The first kappa shape index (κ1) is 17.7. The third-order valence-electron chi connectivity index (χ3n) is 4.80. The molecule has 3 aromatic rings. The molecule has 6 nitrogen and oxygen atoms in total. The third kappa shape index (κ3) is 3.73. The van der Waals surface area contributed by atoms with Gasteiger partial charge < -0.3 is 10.2 Å². The van der Waals surface area contributed by atoms with E-state index in [9.17, 15) is 13.6 Å². The van der Waals surface area contributed by atoms with Gasteiger partial charge in [0.05, 0.1) is 17.4 Å². The van der Waals surface area contributed by atoms with Gasteiger partial charge >= 0.3 is 0 Å². The Labute approximate surface area is 158 Å². The summed E-state index contributed by atoms with van der Waals surface area (Å²) in [5, 5.41) is 2.82. The largest absolute Gasteiger partial charge is 0.370 e. The molecule has 1 aromatic carbocycles. The highest BCUT2D eigenvalue weighted by atomic mass is 32.1. The molecule has 1 saturated heterocycles. The van der Waals surface area contributed by atoms with Crippen molar-refractivity contribution in [2.45, 2.75) is 19.4 Å². The number of amides is 1. The van der Waals surface area contributed by atoms with Crippen molar-refractivity contribution in [3.63, 3.8) is 0 Å². The van der Waals surface area contributed by atoms with Crippen molar-refractivity contribution < 1.29 is 13.6 Å². The molecule has 3 heterocycles. The second-order valence-electron chi connectivity index (χ2n) is 6.49. The molecule has 140 valence electrons. The van der Waals surface area contributed by atoms with Gasteiger partial charge in [0, 0.05) is 31.7 Å². The summed E-state index contributed by atoms with van der Waals surface area (Å²) in [5.74, 6) is -1.96. The van der Waals surface area contributed by atoms with Crippen molar-refractivity contribution in [2.75, 3.05) is 18.0 Å². The van der Waals surface area contributed by atoms with E-state index in [1.807, 2.05) is 6.07 Å². The normalized spacial score (nSPS) is 15.3. The molecule has 2 aromatic heterocycles. The number of hydrogen-bond acceptors (Lipinski definition) is 6. The van der Waals surface area contributed by atoms with E-state index in [2.05, 4.69) is 23.9 Å². The molecule has 0 unspecified atom stereocenters. The van der Waals surface area contributed by atoms with E-state index in [1.54, 1.807) is 6.20 Å². The Kier molecular flexibility index (Phi) is 4.93. The third-order valence-corrected chi connectivity index (χ3v) is 5.32. The van der Waals surface area contributed by atoms with Crippen LogP contribution in [0.25, 0.3) is 11.2 Å². The zero-order valence-electron chi connectivity index (χ0n) is 14.4. The Balaban J connectivity index is 1.34. The van der Waals surface area contributed by atoms with Gasteiger partial charge in [-0.1, -0.05) is 6.07 Å². The van der Waals surface area contributed by atoms with E-state index in [4.69, 9.17) is 0 Å². The number of benzene rings is 1. The molecular formula is C18H17F2N5OS. The van der Waals surface area contributed by atoms with E-state index in [-0.39, 0.29) is 18.4 Å². The second-order valence-corrected chi connectivity index (χ2v) is 7.02. The lowest BCUT2D eigenvalue weighted by Gasteiger charge is -2.32. The number of carbonyl (C=O) groups is 1. The molecule has 27 heavy (non-hydrogen) atoms. The maximum atomic E-state index is 13.2. The lowest BCUT2D eigenvalue weighted by Crippen LogP contribution is -2.40. The molecule has 1 amide bonds. The summed E-state index contributed by atoms with van der Waals surface area (Å²) in [6, 6.07) is 5.57.